The summed E-state index contributed by atoms with van der Waals surface area (Å²) >= 11 is 0. The minimum atomic E-state index is -3.65. The number of carbonyl (C=O) groups is 2. The van der Waals surface area contributed by atoms with Crippen molar-refractivity contribution in [2.24, 2.45) is 10.9 Å². The average molecular weight is 410 g/mol. The fourth-order valence-electron chi connectivity index (χ4n) is 2.81. The van der Waals surface area contributed by atoms with Crippen LogP contribution in [0.15, 0.2) is 34.2 Å². The minimum absolute atomic E-state index is 0.00888. The van der Waals surface area contributed by atoms with Gasteiger partial charge < -0.3 is 10.1 Å². The van der Waals surface area contributed by atoms with Gasteiger partial charge in [0.15, 0.2) is 6.61 Å². The number of amidine groups is 1. The van der Waals surface area contributed by atoms with Crippen molar-refractivity contribution in [2.75, 3.05) is 13.2 Å². The molecule has 1 atom stereocenters. The Balaban J connectivity index is 1.77. The molecule has 0 radical (unpaired) electrons. The van der Waals surface area contributed by atoms with Gasteiger partial charge in [-0.25, -0.2) is 8.42 Å². The van der Waals surface area contributed by atoms with E-state index in [9.17, 15) is 18.0 Å². The SMILES string of the molecule is CC(C)CCC[C@@H](C)NC(=O)COC(=O)CN=C1NS(=O)(=O)c2ccccc21. The molecular weight excluding hydrogens is 382 g/mol. The van der Waals surface area contributed by atoms with Gasteiger partial charge in [-0.05, 0) is 31.4 Å². The summed E-state index contributed by atoms with van der Waals surface area (Å²) in [5.74, 6) is -0.360. The molecule has 1 amide bonds. The summed E-state index contributed by atoms with van der Waals surface area (Å²) < 4.78 is 31.2. The lowest BCUT2D eigenvalue weighted by Crippen LogP contribution is -2.36. The lowest BCUT2D eigenvalue weighted by Gasteiger charge is -2.14. The lowest BCUT2D eigenvalue weighted by atomic mass is 10.0. The molecule has 28 heavy (non-hydrogen) atoms. The first-order valence-electron chi connectivity index (χ1n) is 9.30. The van der Waals surface area contributed by atoms with Crippen LogP contribution in [0.25, 0.3) is 0 Å². The van der Waals surface area contributed by atoms with E-state index in [1.54, 1.807) is 18.2 Å². The molecule has 0 spiro atoms. The van der Waals surface area contributed by atoms with E-state index in [2.05, 4.69) is 28.9 Å². The quantitative estimate of drug-likeness (QED) is 0.601. The first-order valence-corrected chi connectivity index (χ1v) is 10.8. The van der Waals surface area contributed by atoms with Crippen molar-refractivity contribution in [3.63, 3.8) is 0 Å². The number of sulfonamides is 1. The summed E-state index contributed by atoms with van der Waals surface area (Å²) in [6, 6.07) is 6.37. The van der Waals surface area contributed by atoms with Gasteiger partial charge in [0.25, 0.3) is 15.9 Å². The molecule has 154 valence electrons. The molecule has 1 heterocycles. The van der Waals surface area contributed by atoms with Crippen molar-refractivity contribution in [3.8, 4) is 0 Å². The van der Waals surface area contributed by atoms with E-state index >= 15 is 0 Å². The summed E-state index contributed by atoms with van der Waals surface area (Å²) in [6.07, 6.45) is 2.99. The van der Waals surface area contributed by atoms with Crippen molar-refractivity contribution in [3.05, 3.63) is 29.8 Å². The number of nitrogens with zero attached hydrogens (tertiary/aromatic N) is 1. The largest absolute Gasteiger partial charge is 0.454 e. The summed E-state index contributed by atoms with van der Waals surface area (Å²) in [7, 11) is -3.65. The Morgan fingerprint density at radius 3 is 2.61 bits per heavy atom. The maximum Gasteiger partial charge on any atom is 0.328 e. The van der Waals surface area contributed by atoms with Crippen LogP contribution in [0.5, 0.6) is 0 Å². The van der Waals surface area contributed by atoms with E-state index in [1.165, 1.54) is 6.07 Å². The van der Waals surface area contributed by atoms with E-state index < -0.39 is 16.0 Å². The molecule has 9 heteroatoms. The molecule has 0 aromatic heterocycles. The molecule has 8 nitrogen and oxygen atoms in total. The summed E-state index contributed by atoms with van der Waals surface area (Å²) in [5.41, 5.74) is 0.406. The molecule has 0 unspecified atom stereocenters. The first-order chi connectivity index (χ1) is 13.2. The topological polar surface area (TPSA) is 114 Å². The molecule has 2 rings (SSSR count). The normalized spacial score (nSPS) is 17.1. The second-order valence-electron chi connectivity index (χ2n) is 7.22. The minimum Gasteiger partial charge on any atom is -0.454 e. The molecule has 2 N–H and O–H groups in total. The molecule has 0 aliphatic carbocycles. The second-order valence-corrected chi connectivity index (χ2v) is 8.87. The number of amides is 1. The van der Waals surface area contributed by atoms with Crippen LogP contribution in [-0.2, 0) is 24.3 Å². The third-order valence-electron chi connectivity index (χ3n) is 4.22. The molecule has 1 aliphatic heterocycles. The molecule has 1 aromatic rings. The number of benzene rings is 1. The highest BCUT2D eigenvalue weighted by molar-refractivity contribution is 7.90. The van der Waals surface area contributed by atoms with Gasteiger partial charge in [-0.2, -0.15) is 0 Å². The van der Waals surface area contributed by atoms with Gasteiger partial charge in [0, 0.05) is 11.6 Å². The van der Waals surface area contributed by atoms with Gasteiger partial charge in [-0.15, -0.1) is 0 Å². The molecular formula is C19H27N3O5S. The lowest BCUT2D eigenvalue weighted by molar-refractivity contribution is -0.147. The standard InChI is InChI=1S/C19H27N3O5S/c1-13(2)7-6-8-14(3)21-17(23)12-27-18(24)11-20-19-15-9-4-5-10-16(15)28(25,26)22-19/h4-5,9-10,13-14H,6-8,11-12H2,1-3H3,(H,20,22)(H,21,23)/t14-/m1/s1. The van der Waals surface area contributed by atoms with Crippen LogP contribution < -0.4 is 10.0 Å². The highest BCUT2D eigenvalue weighted by atomic mass is 32.2. The van der Waals surface area contributed by atoms with Gasteiger partial charge in [-0.3, -0.25) is 19.3 Å². The summed E-state index contributed by atoms with van der Waals surface area (Å²) in [4.78, 5) is 27.8. The third kappa shape index (κ3) is 6.33. The zero-order valence-corrected chi connectivity index (χ0v) is 17.2. The Bertz CT molecular complexity index is 849. The van der Waals surface area contributed by atoms with Gasteiger partial charge in [-0.1, -0.05) is 38.8 Å². The smallest absolute Gasteiger partial charge is 0.328 e. The number of nitrogens with one attached hydrogen (secondary N) is 2. The van der Waals surface area contributed by atoms with Crippen molar-refractivity contribution in [1.82, 2.24) is 10.0 Å². The number of fused-ring (bicyclic) bond motifs is 1. The predicted octanol–water partition coefficient (Wildman–Crippen LogP) is 1.60. The van der Waals surface area contributed by atoms with E-state index in [1.807, 2.05) is 6.92 Å². The van der Waals surface area contributed by atoms with Gasteiger partial charge in [0.1, 0.15) is 12.4 Å². The third-order valence-corrected chi connectivity index (χ3v) is 5.62. The summed E-state index contributed by atoms with van der Waals surface area (Å²) in [5, 5.41) is 2.79. The molecule has 1 aromatic carbocycles. The van der Waals surface area contributed by atoms with Crippen LogP contribution in [0.1, 0.15) is 45.6 Å². The second kappa shape index (κ2) is 9.68. The summed E-state index contributed by atoms with van der Waals surface area (Å²) in [6.45, 7) is 5.45. The molecule has 1 aliphatic rings. The number of aliphatic imine (C=N–C) groups is 1. The fraction of sp³-hybridized carbons (Fsp3) is 0.526. The fourth-order valence-corrected chi connectivity index (χ4v) is 4.06. The zero-order valence-electron chi connectivity index (χ0n) is 16.4. The van der Waals surface area contributed by atoms with Crippen LogP contribution in [0.2, 0.25) is 0 Å². The van der Waals surface area contributed by atoms with Gasteiger partial charge in [0.05, 0.1) is 4.90 Å². The van der Waals surface area contributed by atoms with Crippen molar-refractivity contribution >= 4 is 27.7 Å². The molecule has 0 bridgehead atoms. The van der Waals surface area contributed by atoms with Crippen LogP contribution in [0.4, 0.5) is 0 Å². The number of ether oxygens (including phenoxy) is 1. The number of carbonyl (C=O) groups excluding carboxylic acids is 2. The molecule has 0 fully saturated rings. The van der Waals surface area contributed by atoms with Crippen molar-refractivity contribution < 1.29 is 22.7 Å². The Morgan fingerprint density at radius 2 is 1.89 bits per heavy atom. The van der Waals surface area contributed by atoms with Crippen molar-refractivity contribution in [1.29, 1.82) is 0 Å². The Kier molecular flexibility index (Phi) is 7.56. The Labute approximate surface area is 165 Å². The van der Waals surface area contributed by atoms with Crippen LogP contribution >= 0.6 is 0 Å². The van der Waals surface area contributed by atoms with Crippen LogP contribution in [-0.4, -0.2) is 45.3 Å². The van der Waals surface area contributed by atoms with E-state index in [4.69, 9.17) is 4.74 Å². The zero-order chi connectivity index (χ0) is 20.7. The monoisotopic (exact) mass is 409 g/mol. The average Bonchev–Trinajstić information content (AvgIpc) is 2.89. The highest BCUT2D eigenvalue weighted by Crippen LogP contribution is 2.22. The van der Waals surface area contributed by atoms with E-state index in [0.717, 1.165) is 19.3 Å². The highest BCUT2D eigenvalue weighted by Gasteiger charge is 2.30. The van der Waals surface area contributed by atoms with E-state index in [-0.39, 0.29) is 35.8 Å². The molecule has 0 saturated carbocycles. The first kappa shape index (κ1) is 21.9. The maximum atomic E-state index is 12.0. The Morgan fingerprint density at radius 1 is 1.18 bits per heavy atom. The molecule has 0 saturated heterocycles. The maximum absolute atomic E-state index is 12.0. The Hall–Kier alpha value is -2.42. The number of hydrogen-bond acceptors (Lipinski definition) is 6. The van der Waals surface area contributed by atoms with Crippen LogP contribution in [0, 0.1) is 5.92 Å². The van der Waals surface area contributed by atoms with Crippen molar-refractivity contribution in [2.45, 2.75) is 51.0 Å². The van der Waals surface area contributed by atoms with Crippen LogP contribution in [0.3, 0.4) is 0 Å². The van der Waals surface area contributed by atoms with E-state index in [0.29, 0.717) is 11.5 Å². The number of esters is 1. The van der Waals surface area contributed by atoms with Gasteiger partial charge >= 0.3 is 5.97 Å². The van der Waals surface area contributed by atoms with Gasteiger partial charge in [0.2, 0.25) is 0 Å². The number of rotatable bonds is 9. The predicted molar refractivity (Wildman–Crippen MR) is 105 cm³/mol. The number of hydrogen-bond donors (Lipinski definition) is 2.